The van der Waals surface area contributed by atoms with E-state index in [-0.39, 0.29) is 0 Å². The first kappa shape index (κ1) is 17.4. The Morgan fingerprint density at radius 1 is 1.17 bits per heavy atom. The summed E-state index contributed by atoms with van der Waals surface area (Å²) in [5.41, 5.74) is 5.54. The maximum atomic E-state index is 6.22. The van der Waals surface area contributed by atoms with E-state index in [1.54, 1.807) is 19.4 Å². The topological polar surface area (TPSA) is 42.8 Å². The van der Waals surface area contributed by atoms with Crippen LogP contribution in [0.5, 0.6) is 11.5 Å². The number of ether oxygens (including phenoxy) is 2. The van der Waals surface area contributed by atoms with Crippen molar-refractivity contribution in [3.8, 4) is 11.5 Å². The Morgan fingerprint density at radius 3 is 2.61 bits per heavy atom. The van der Waals surface area contributed by atoms with Gasteiger partial charge >= 0.3 is 0 Å². The number of halogens is 2. The fraction of sp³-hybridized carbons (Fsp3) is 0.235. The third kappa shape index (κ3) is 4.53. The van der Waals surface area contributed by atoms with Gasteiger partial charge in [-0.15, -0.1) is 0 Å². The monoisotopic (exact) mass is 352 g/mol. The van der Waals surface area contributed by atoms with Gasteiger partial charge in [0.15, 0.2) is 11.5 Å². The van der Waals surface area contributed by atoms with Crippen molar-refractivity contribution in [2.75, 3.05) is 19.1 Å². The van der Waals surface area contributed by atoms with Gasteiger partial charge in [-0.2, -0.15) is 5.10 Å². The quantitative estimate of drug-likeness (QED) is 0.577. The van der Waals surface area contributed by atoms with E-state index >= 15 is 0 Å². The van der Waals surface area contributed by atoms with Gasteiger partial charge in [0.2, 0.25) is 0 Å². The van der Waals surface area contributed by atoms with Crippen molar-refractivity contribution in [2.24, 2.45) is 5.10 Å². The average molecular weight is 353 g/mol. The highest BCUT2D eigenvalue weighted by molar-refractivity contribution is 6.32. The summed E-state index contributed by atoms with van der Waals surface area (Å²) in [5.74, 6) is 1.10. The van der Waals surface area contributed by atoms with Crippen LogP contribution in [0.3, 0.4) is 0 Å². The molecule has 4 nitrogen and oxygen atoms in total. The minimum absolute atomic E-state index is 0.478. The largest absolute Gasteiger partial charge is 0.493 e. The standard InChI is InChI=1S/C17H18Cl2N2O2/c1-4-23-17-15(19)7-12(8-16(17)22-3)10-20-21-13-6-5-11(2)14(18)9-13/h5-10,21H,4H2,1-3H3/b20-10+. The molecule has 0 aliphatic carbocycles. The van der Waals surface area contributed by atoms with Gasteiger partial charge in [-0.1, -0.05) is 29.3 Å². The second kappa shape index (κ2) is 8.09. The highest BCUT2D eigenvalue weighted by Crippen LogP contribution is 2.36. The van der Waals surface area contributed by atoms with E-state index in [4.69, 9.17) is 32.7 Å². The van der Waals surface area contributed by atoms with Crippen molar-refractivity contribution in [3.63, 3.8) is 0 Å². The molecule has 0 amide bonds. The van der Waals surface area contributed by atoms with E-state index in [9.17, 15) is 0 Å². The summed E-state index contributed by atoms with van der Waals surface area (Å²) in [6, 6.07) is 9.23. The van der Waals surface area contributed by atoms with Gasteiger partial charge in [-0.05, 0) is 49.2 Å². The second-order valence-corrected chi connectivity index (χ2v) is 5.62. The van der Waals surface area contributed by atoms with Crippen LogP contribution in [0, 0.1) is 6.92 Å². The first-order chi connectivity index (χ1) is 11.0. The smallest absolute Gasteiger partial charge is 0.179 e. The first-order valence-corrected chi connectivity index (χ1v) is 7.86. The number of hydrogen-bond donors (Lipinski definition) is 1. The highest BCUT2D eigenvalue weighted by atomic mass is 35.5. The molecular formula is C17H18Cl2N2O2. The minimum Gasteiger partial charge on any atom is -0.493 e. The Morgan fingerprint density at radius 2 is 1.96 bits per heavy atom. The molecule has 0 aromatic heterocycles. The lowest BCUT2D eigenvalue weighted by Gasteiger charge is -2.11. The van der Waals surface area contributed by atoms with Gasteiger partial charge < -0.3 is 9.47 Å². The van der Waals surface area contributed by atoms with E-state index in [1.165, 1.54) is 0 Å². The number of nitrogens with one attached hydrogen (secondary N) is 1. The van der Waals surface area contributed by atoms with Gasteiger partial charge in [0.05, 0.1) is 30.6 Å². The number of anilines is 1. The summed E-state index contributed by atoms with van der Waals surface area (Å²) in [6.45, 7) is 4.35. The zero-order chi connectivity index (χ0) is 16.8. The molecule has 6 heteroatoms. The van der Waals surface area contributed by atoms with Crippen LogP contribution in [-0.2, 0) is 0 Å². The van der Waals surface area contributed by atoms with Crippen molar-refractivity contribution in [1.82, 2.24) is 0 Å². The first-order valence-electron chi connectivity index (χ1n) is 7.10. The highest BCUT2D eigenvalue weighted by Gasteiger charge is 2.10. The van der Waals surface area contributed by atoms with Gasteiger partial charge in [0, 0.05) is 5.02 Å². The predicted octanol–water partition coefficient (Wildman–Crippen LogP) is 5.16. The lowest BCUT2D eigenvalue weighted by atomic mass is 10.2. The molecule has 2 aromatic rings. The Kier molecular flexibility index (Phi) is 6.13. The summed E-state index contributed by atoms with van der Waals surface area (Å²) in [5, 5.41) is 5.35. The molecule has 0 saturated carbocycles. The molecule has 0 aliphatic heterocycles. The molecular weight excluding hydrogens is 335 g/mol. The molecule has 2 aromatic carbocycles. The van der Waals surface area contributed by atoms with Gasteiger partial charge in [0.1, 0.15) is 0 Å². The number of methoxy groups -OCH3 is 1. The van der Waals surface area contributed by atoms with Crippen molar-refractivity contribution in [3.05, 3.63) is 51.5 Å². The summed E-state index contributed by atoms with van der Waals surface area (Å²) in [6.07, 6.45) is 1.65. The summed E-state index contributed by atoms with van der Waals surface area (Å²) in [4.78, 5) is 0. The molecule has 0 saturated heterocycles. The summed E-state index contributed by atoms with van der Waals surface area (Å²) >= 11 is 12.3. The molecule has 0 fully saturated rings. The van der Waals surface area contributed by atoms with E-state index in [2.05, 4.69) is 10.5 Å². The van der Waals surface area contributed by atoms with Crippen molar-refractivity contribution in [2.45, 2.75) is 13.8 Å². The third-order valence-corrected chi connectivity index (χ3v) is 3.81. The van der Waals surface area contributed by atoms with Crippen LogP contribution >= 0.6 is 23.2 Å². The van der Waals surface area contributed by atoms with Gasteiger partial charge in [0.25, 0.3) is 0 Å². The van der Waals surface area contributed by atoms with E-state index in [0.29, 0.717) is 28.2 Å². The van der Waals surface area contributed by atoms with E-state index in [1.807, 2.05) is 38.1 Å². The van der Waals surface area contributed by atoms with Crippen LogP contribution in [-0.4, -0.2) is 19.9 Å². The molecule has 0 atom stereocenters. The van der Waals surface area contributed by atoms with Crippen molar-refractivity contribution < 1.29 is 9.47 Å². The molecule has 0 radical (unpaired) electrons. The lowest BCUT2D eigenvalue weighted by Crippen LogP contribution is -1.98. The SMILES string of the molecule is CCOc1c(Cl)cc(/C=N/Nc2ccc(C)c(Cl)c2)cc1OC. The number of hydrazone groups is 1. The number of nitrogens with zero attached hydrogens (tertiary/aromatic N) is 1. The predicted molar refractivity (Wildman–Crippen MR) is 96.6 cm³/mol. The number of aryl methyl sites for hydroxylation is 1. The molecule has 1 N–H and O–H groups in total. The number of rotatable bonds is 6. The third-order valence-electron chi connectivity index (χ3n) is 3.12. The molecule has 2 rings (SSSR count). The Labute approximate surface area is 146 Å². The molecule has 0 heterocycles. The summed E-state index contributed by atoms with van der Waals surface area (Å²) < 4.78 is 10.8. The van der Waals surface area contributed by atoms with Crippen LogP contribution in [0.1, 0.15) is 18.1 Å². The Balaban J connectivity index is 2.15. The fourth-order valence-electron chi connectivity index (χ4n) is 1.94. The zero-order valence-electron chi connectivity index (χ0n) is 13.2. The van der Waals surface area contributed by atoms with Crippen LogP contribution < -0.4 is 14.9 Å². The molecule has 0 spiro atoms. The molecule has 0 unspecified atom stereocenters. The molecule has 0 bridgehead atoms. The Bertz CT molecular complexity index is 718. The van der Waals surface area contributed by atoms with E-state index in [0.717, 1.165) is 16.8 Å². The van der Waals surface area contributed by atoms with Crippen LogP contribution in [0.15, 0.2) is 35.4 Å². The van der Waals surface area contributed by atoms with E-state index < -0.39 is 0 Å². The average Bonchev–Trinajstić information content (AvgIpc) is 2.53. The number of hydrogen-bond acceptors (Lipinski definition) is 4. The molecule has 0 aliphatic rings. The Hall–Kier alpha value is -1.91. The van der Waals surface area contributed by atoms with Crippen LogP contribution in [0.2, 0.25) is 10.0 Å². The molecule has 122 valence electrons. The summed E-state index contributed by atoms with van der Waals surface area (Å²) in [7, 11) is 1.57. The van der Waals surface area contributed by atoms with Gasteiger partial charge in [-0.3, -0.25) is 5.43 Å². The zero-order valence-corrected chi connectivity index (χ0v) is 14.7. The van der Waals surface area contributed by atoms with Crippen LogP contribution in [0.25, 0.3) is 0 Å². The fourth-order valence-corrected chi connectivity index (χ4v) is 2.40. The van der Waals surface area contributed by atoms with Crippen molar-refractivity contribution >= 4 is 35.1 Å². The maximum Gasteiger partial charge on any atom is 0.179 e. The second-order valence-electron chi connectivity index (χ2n) is 4.80. The van der Waals surface area contributed by atoms with Crippen molar-refractivity contribution in [1.29, 1.82) is 0 Å². The maximum absolute atomic E-state index is 6.22. The lowest BCUT2D eigenvalue weighted by molar-refractivity contribution is 0.311. The molecule has 23 heavy (non-hydrogen) atoms. The number of benzene rings is 2. The van der Waals surface area contributed by atoms with Crippen LogP contribution in [0.4, 0.5) is 5.69 Å². The minimum atomic E-state index is 0.478. The normalized spacial score (nSPS) is 10.8. The van der Waals surface area contributed by atoms with Gasteiger partial charge in [-0.25, -0.2) is 0 Å².